The third-order valence-electron chi connectivity index (χ3n) is 3.94. The Bertz CT molecular complexity index is 717. The third kappa shape index (κ3) is 1.83. The SMILES string of the molecule is c1ccc([C@H]2CCc3nn(-c4ccccc4)c[n+]32)cc1. The Labute approximate surface area is 118 Å². The monoisotopic (exact) mass is 262 g/mol. The highest BCUT2D eigenvalue weighted by Crippen LogP contribution is 2.23. The van der Waals surface area contributed by atoms with Gasteiger partial charge in [0.1, 0.15) is 11.7 Å². The normalized spacial score (nSPS) is 17.1. The van der Waals surface area contributed by atoms with Crippen LogP contribution < -0.4 is 4.57 Å². The number of aromatic nitrogens is 3. The van der Waals surface area contributed by atoms with Crippen LogP contribution in [0.5, 0.6) is 0 Å². The second-order valence-corrected chi connectivity index (χ2v) is 5.18. The van der Waals surface area contributed by atoms with Crippen LogP contribution in [0.4, 0.5) is 0 Å². The molecule has 0 saturated carbocycles. The van der Waals surface area contributed by atoms with Crippen LogP contribution >= 0.6 is 0 Å². The highest BCUT2D eigenvalue weighted by atomic mass is 15.4. The van der Waals surface area contributed by atoms with Crippen molar-refractivity contribution >= 4 is 0 Å². The van der Waals surface area contributed by atoms with Gasteiger partial charge < -0.3 is 0 Å². The van der Waals surface area contributed by atoms with E-state index in [2.05, 4.69) is 53.4 Å². The summed E-state index contributed by atoms with van der Waals surface area (Å²) in [6, 6.07) is 21.4. The molecule has 3 nitrogen and oxygen atoms in total. The van der Waals surface area contributed by atoms with Gasteiger partial charge in [-0.05, 0) is 24.1 Å². The summed E-state index contributed by atoms with van der Waals surface area (Å²) in [5.74, 6) is 1.17. The molecule has 0 aliphatic carbocycles. The zero-order valence-corrected chi connectivity index (χ0v) is 11.2. The van der Waals surface area contributed by atoms with E-state index in [0.29, 0.717) is 6.04 Å². The summed E-state index contributed by atoms with van der Waals surface area (Å²) in [6.07, 6.45) is 4.30. The topological polar surface area (TPSA) is 21.7 Å². The molecule has 2 aromatic carbocycles. The fourth-order valence-electron chi connectivity index (χ4n) is 2.94. The molecule has 3 heteroatoms. The zero-order chi connectivity index (χ0) is 13.4. The van der Waals surface area contributed by atoms with Crippen molar-refractivity contribution in [1.82, 2.24) is 9.78 Å². The average molecular weight is 262 g/mol. The van der Waals surface area contributed by atoms with Crippen molar-refractivity contribution in [2.24, 2.45) is 0 Å². The number of nitrogens with zero attached hydrogens (tertiary/aromatic N) is 3. The maximum Gasteiger partial charge on any atom is 0.278 e. The number of benzene rings is 2. The van der Waals surface area contributed by atoms with Gasteiger partial charge in [-0.25, -0.2) is 4.57 Å². The largest absolute Gasteiger partial charge is 0.278 e. The minimum absolute atomic E-state index is 0.420. The molecular weight excluding hydrogens is 246 g/mol. The number of hydrogen-bond donors (Lipinski definition) is 0. The van der Waals surface area contributed by atoms with Crippen LogP contribution in [0.15, 0.2) is 67.0 Å². The number of rotatable bonds is 2. The van der Waals surface area contributed by atoms with E-state index in [-0.39, 0.29) is 0 Å². The lowest BCUT2D eigenvalue weighted by atomic mass is 10.1. The number of aryl methyl sites for hydroxylation is 1. The second-order valence-electron chi connectivity index (χ2n) is 5.18. The van der Waals surface area contributed by atoms with E-state index in [1.165, 1.54) is 11.4 Å². The summed E-state index contributed by atoms with van der Waals surface area (Å²) >= 11 is 0. The van der Waals surface area contributed by atoms with Gasteiger partial charge in [0.2, 0.25) is 6.33 Å². The molecule has 98 valence electrons. The molecular formula is C17H16N3+. The molecule has 4 rings (SSSR count). The highest BCUT2D eigenvalue weighted by Gasteiger charge is 2.32. The van der Waals surface area contributed by atoms with Crippen LogP contribution in [0.3, 0.4) is 0 Å². The zero-order valence-electron chi connectivity index (χ0n) is 11.2. The van der Waals surface area contributed by atoms with Gasteiger partial charge in [-0.1, -0.05) is 53.2 Å². The van der Waals surface area contributed by atoms with Gasteiger partial charge in [-0.2, -0.15) is 0 Å². The summed E-state index contributed by atoms with van der Waals surface area (Å²) in [4.78, 5) is 0. The van der Waals surface area contributed by atoms with Crippen molar-refractivity contribution in [3.05, 3.63) is 78.4 Å². The van der Waals surface area contributed by atoms with Crippen LogP contribution in [0.1, 0.15) is 23.9 Å². The average Bonchev–Trinajstić information content (AvgIpc) is 3.09. The van der Waals surface area contributed by atoms with Gasteiger partial charge in [0.15, 0.2) is 0 Å². The van der Waals surface area contributed by atoms with Crippen molar-refractivity contribution in [2.75, 3.05) is 0 Å². The molecule has 1 aliphatic rings. The Balaban J connectivity index is 1.74. The van der Waals surface area contributed by atoms with E-state index in [4.69, 9.17) is 5.10 Å². The standard InChI is InChI=1S/C17H16N3/c1-3-7-14(8-4-1)16-11-12-17-18-20(13-19(16)17)15-9-5-2-6-10-15/h1-10,13,16H,11-12H2/q+1/t16-/m1/s1. The molecule has 0 N–H and O–H groups in total. The van der Waals surface area contributed by atoms with Crippen LogP contribution in [-0.4, -0.2) is 9.78 Å². The Hall–Kier alpha value is -2.42. The van der Waals surface area contributed by atoms with Gasteiger partial charge in [0, 0.05) is 11.5 Å². The minimum atomic E-state index is 0.420. The van der Waals surface area contributed by atoms with Crippen LogP contribution in [0, 0.1) is 0 Å². The highest BCUT2D eigenvalue weighted by molar-refractivity contribution is 5.29. The Morgan fingerprint density at radius 2 is 1.65 bits per heavy atom. The smallest absolute Gasteiger partial charge is 0.227 e. The lowest BCUT2D eigenvalue weighted by Crippen LogP contribution is -2.36. The number of hydrogen-bond acceptors (Lipinski definition) is 1. The van der Waals surface area contributed by atoms with Crippen molar-refractivity contribution < 1.29 is 4.57 Å². The molecule has 0 fully saturated rings. The van der Waals surface area contributed by atoms with E-state index in [1.54, 1.807) is 0 Å². The third-order valence-corrected chi connectivity index (χ3v) is 3.94. The van der Waals surface area contributed by atoms with E-state index in [0.717, 1.165) is 18.5 Å². The van der Waals surface area contributed by atoms with Gasteiger partial charge in [0.25, 0.3) is 5.82 Å². The van der Waals surface area contributed by atoms with E-state index in [9.17, 15) is 0 Å². The first-order chi connectivity index (χ1) is 9.92. The summed E-state index contributed by atoms with van der Waals surface area (Å²) in [5.41, 5.74) is 2.48. The van der Waals surface area contributed by atoms with Crippen LogP contribution in [0.25, 0.3) is 5.69 Å². The first-order valence-electron chi connectivity index (χ1n) is 7.02. The summed E-state index contributed by atoms with van der Waals surface area (Å²) in [6.45, 7) is 0. The first-order valence-corrected chi connectivity index (χ1v) is 7.02. The van der Waals surface area contributed by atoms with Gasteiger partial charge >= 0.3 is 0 Å². The van der Waals surface area contributed by atoms with Crippen molar-refractivity contribution in [1.29, 1.82) is 0 Å². The molecule has 0 bridgehead atoms. The van der Waals surface area contributed by atoms with E-state index < -0.39 is 0 Å². The van der Waals surface area contributed by atoms with E-state index >= 15 is 0 Å². The predicted molar refractivity (Wildman–Crippen MR) is 76.7 cm³/mol. The van der Waals surface area contributed by atoms with Gasteiger partial charge in [0.05, 0.1) is 0 Å². The molecule has 0 radical (unpaired) electrons. The molecule has 1 aromatic heterocycles. The maximum atomic E-state index is 4.72. The molecule has 1 aliphatic heterocycles. The van der Waals surface area contributed by atoms with Crippen molar-refractivity contribution in [3.8, 4) is 5.69 Å². The fraction of sp³-hybridized carbons (Fsp3) is 0.176. The first kappa shape index (κ1) is 11.4. The second kappa shape index (κ2) is 4.60. The fourth-order valence-corrected chi connectivity index (χ4v) is 2.94. The molecule has 0 saturated heterocycles. The lowest BCUT2D eigenvalue weighted by molar-refractivity contribution is -0.707. The lowest BCUT2D eigenvalue weighted by Gasteiger charge is -2.08. The van der Waals surface area contributed by atoms with E-state index in [1.807, 2.05) is 22.9 Å². The number of para-hydroxylation sites is 1. The summed E-state index contributed by atoms with van der Waals surface area (Å²) in [7, 11) is 0. The molecule has 2 heterocycles. The molecule has 0 amide bonds. The maximum absolute atomic E-state index is 4.72. The van der Waals surface area contributed by atoms with Crippen molar-refractivity contribution in [3.63, 3.8) is 0 Å². The summed E-state index contributed by atoms with van der Waals surface area (Å²) in [5, 5.41) is 4.72. The molecule has 3 aromatic rings. The summed E-state index contributed by atoms with van der Waals surface area (Å²) < 4.78 is 4.28. The predicted octanol–water partition coefficient (Wildman–Crippen LogP) is 2.70. The van der Waals surface area contributed by atoms with Crippen molar-refractivity contribution in [2.45, 2.75) is 18.9 Å². The molecule has 1 atom stereocenters. The quantitative estimate of drug-likeness (QED) is 0.651. The molecule has 0 unspecified atom stereocenters. The number of fused-ring (bicyclic) bond motifs is 1. The van der Waals surface area contributed by atoms with Crippen LogP contribution in [0.2, 0.25) is 0 Å². The Morgan fingerprint density at radius 1 is 0.950 bits per heavy atom. The van der Waals surface area contributed by atoms with Gasteiger partial charge in [-0.15, -0.1) is 0 Å². The molecule has 0 spiro atoms. The Kier molecular flexibility index (Phi) is 2.62. The molecule has 20 heavy (non-hydrogen) atoms. The minimum Gasteiger partial charge on any atom is -0.227 e. The van der Waals surface area contributed by atoms with Crippen LogP contribution in [-0.2, 0) is 6.42 Å². The Morgan fingerprint density at radius 3 is 2.40 bits per heavy atom. The van der Waals surface area contributed by atoms with Gasteiger partial charge in [-0.3, -0.25) is 0 Å².